The number of rotatable bonds is 2. The lowest BCUT2D eigenvalue weighted by Crippen LogP contribution is -2.36. The molecule has 0 bridgehead atoms. The lowest BCUT2D eigenvalue weighted by molar-refractivity contribution is 0.147. The summed E-state index contributed by atoms with van der Waals surface area (Å²) < 4.78 is 0. The molecule has 4 nitrogen and oxygen atoms in total. The Labute approximate surface area is 110 Å². The van der Waals surface area contributed by atoms with E-state index in [1.165, 1.54) is 4.90 Å². The van der Waals surface area contributed by atoms with Crippen LogP contribution >= 0.6 is 11.6 Å². The van der Waals surface area contributed by atoms with Gasteiger partial charge in [0.15, 0.2) is 0 Å². The summed E-state index contributed by atoms with van der Waals surface area (Å²) in [4.78, 5) is 12.2. The molecule has 2 N–H and O–H groups in total. The van der Waals surface area contributed by atoms with Gasteiger partial charge in [0, 0.05) is 18.1 Å². The molecule has 1 heterocycles. The van der Waals surface area contributed by atoms with Gasteiger partial charge in [0.25, 0.3) is 0 Å². The van der Waals surface area contributed by atoms with E-state index in [9.17, 15) is 9.90 Å². The Hall–Kier alpha value is -1.52. The van der Waals surface area contributed by atoms with Crippen LogP contribution in [-0.4, -0.2) is 40.9 Å². The van der Waals surface area contributed by atoms with Crippen molar-refractivity contribution in [1.82, 2.24) is 4.90 Å². The molecule has 1 aromatic rings. The first-order chi connectivity index (χ1) is 8.61. The van der Waals surface area contributed by atoms with Gasteiger partial charge in [-0.2, -0.15) is 0 Å². The number of carboxylic acid groups (broad SMARTS) is 1. The number of hydrogen-bond donors (Lipinski definition) is 2. The van der Waals surface area contributed by atoms with Crippen LogP contribution in [0.3, 0.4) is 0 Å². The fourth-order valence-corrected chi connectivity index (χ4v) is 2.26. The zero-order valence-electron chi connectivity index (χ0n) is 9.77. The molecule has 0 aromatic heterocycles. The van der Waals surface area contributed by atoms with Crippen molar-refractivity contribution in [1.29, 1.82) is 0 Å². The molecule has 0 spiro atoms. The molecular weight excluding hydrogens is 254 g/mol. The summed E-state index contributed by atoms with van der Waals surface area (Å²) in [6.45, 7) is 0.600. The van der Waals surface area contributed by atoms with Gasteiger partial charge in [0.1, 0.15) is 0 Å². The van der Waals surface area contributed by atoms with Crippen LogP contribution in [-0.2, 0) is 0 Å². The fraction of sp³-hybridized carbons (Fsp3) is 0.308. The van der Waals surface area contributed by atoms with Crippen LogP contribution in [0.2, 0.25) is 5.02 Å². The lowest BCUT2D eigenvalue weighted by Gasteiger charge is -2.28. The monoisotopic (exact) mass is 267 g/mol. The number of carbonyl (C=O) groups is 1. The number of aliphatic hydroxyl groups is 1. The maximum absolute atomic E-state index is 10.9. The number of amides is 1. The van der Waals surface area contributed by atoms with Crippen LogP contribution in [0.5, 0.6) is 0 Å². The molecule has 1 aromatic carbocycles. The van der Waals surface area contributed by atoms with E-state index in [1.807, 2.05) is 12.1 Å². The Morgan fingerprint density at radius 3 is 2.56 bits per heavy atom. The van der Waals surface area contributed by atoms with Crippen LogP contribution in [0.15, 0.2) is 29.8 Å². The quantitative estimate of drug-likeness (QED) is 0.865. The van der Waals surface area contributed by atoms with Gasteiger partial charge in [-0.3, -0.25) is 0 Å². The molecule has 1 aliphatic heterocycles. The maximum atomic E-state index is 10.9. The first-order valence-electron chi connectivity index (χ1n) is 5.67. The SMILES string of the molecule is O=C(O)N1CCC(c2ccc(Cl)cc2)=C(CO)C1. The molecule has 18 heavy (non-hydrogen) atoms. The number of aliphatic hydroxyl groups excluding tert-OH is 1. The van der Waals surface area contributed by atoms with E-state index in [0.717, 1.165) is 16.7 Å². The Kier molecular flexibility index (Phi) is 3.89. The molecule has 96 valence electrons. The molecule has 0 radical (unpaired) electrons. The fourth-order valence-electron chi connectivity index (χ4n) is 2.14. The van der Waals surface area contributed by atoms with Crippen molar-refractivity contribution >= 4 is 23.3 Å². The zero-order valence-corrected chi connectivity index (χ0v) is 10.5. The molecule has 5 heteroatoms. The van der Waals surface area contributed by atoms with Crippen LogP contribution in [0.1, 0.15) is 12.0 Å². The van der Waals surface area contributed by atoms with E-state index in [0.29, 0.717) is 18.0 Å². The topological polar surface area (TPSA) is 60.8 Å². The Balaban J connectivity index is 2.30. The third-order valence-corrected chi connectivity index (χ3v) is 3.35. The normalized spacial score (nSPS) is 16.0. The zero-order chi connectivity index (χ0) is 13.1. The highest BCUT2D eigenvalue weighted by atomic mass is 35.5. The second-order valence-corrected chi connectivity index (χ2v) is 4.64. The van der Waals surface area contributed by atoms with Crippen molar-refractivity contribution in [2.24, 2.45) is 0 Å². The Morgan fingerprint density at radius 2 is 2.00 bits per heavy atom. The van der Waals surface area contributed by atoms with Gasteiger partial charge in [-0.25, -0.2) is 4.79 Å². The minimum Gasteiger partial charge on any atom is -0.465 e. The molecule has 0 unspecified atom stereocenters. The predicted octanol–water partition coefficient (Wildman–Crippen LogP) is 2.47. The third kappa shape index (κ3) is 2.66. The van der Waals surface area contributed by atoms with Crippen LogP contribution < -0.4 is 0 Å². The van der Waals surface area contributed by atoms with Gasteiger partial charge in [0.05, 0.1) is 6.61 Å². The van der Waals surface area contributed by atoms with E-state index in [2.05, 4.69) is 0 Å². The summed E-state index contributed by atoms with van der Waals surface area (Å²) >= 11 is 5.83. The van der Waals surface area contributed by atoms with E-state index >= 15 is 0 Å². The summed E-state index contributed by atoms with van der Waals surface area (Å²) in [5, 5.41) is 19.0. The molecule has 0 atom stereocenters. The molecule has 2 rings (SSSR count). The van der Waals surface area contributed by atoms with Crippen molar-refractivity contribution in [3.63, 3.8) is 0 Å². The highest BCUT2D eigenvalue weighted by molar-refractivity contribution is 6.30. The number of nitrogens with zero attached hydrogens (tertiary/aromatic N) is 1. The molecule has 1 amide bonds. The van der Waals surface area contributed by atoms with E-state index in [1.54, 1.807) is 12.1 Å². The maximum Gasteiger partial charge on any atom is 0.407 e. The molecule has 0 aliphatic carbocycles. The largest absolute Gasteiger partial charge is 0.465 e. The molecule has 1 aliphatic rings. The smallest absolute Gasteiger partial charge is 0.407 e. The summed E-state index contributed by atoms with van der Waals surface area (Å²) in [5.41, 5.74) is 2.77. The van der Waals surface area contributed by atoms with Gasteiger partial charge in [-0.1, -0.05) is 23.7 Å². The minimum absolute atomic E-state index is 0.123. The lowest BCUT2D eigenvalue weighted by atomic mass is 9.94. The standard InChI is InChI=1S/C13H14ClNO3/c14-11-3-1-9(2-4-11)12-5-6-15(13(17)18)7-10(12)8-16/h1-4,16H,5-8H2,(H,17,18). The number of benzene rings is 1. The summed E-state index contributed by atoms with van der Waals surface area (Å²) in [5.74, 6) is 0. The van der Waals surface area contributed by atoms with Crippen LogP contribution in [0.25, 0.3) is 5.57 Å². The molecule has 0 fully saturated rings. The first-order valence-corrected chi connectivity index (χ1v) is 6.05. The van der Waals surface area contributed by atoms with Gasteiger partial charge in [-0.05, 0) is 35.3 Å². The molecular formula is C13H14ClNO3. The third-order valence-electron chi connectivity index (χ3n) is 3.09. The van der Waals surface area contributed by atoms with E-state index in [-0.39, 0.29) is 13.2 Å². The predicted molar refractivity (Wildman–Crippen MR) is 69.7 cm³/mol. The minimum atomic E-state index is -0.948. The van der Waals surface area contributed by atoms with Crippen molar-refractivity contribution in [3.8, 4) is 0 Å². The van der Waals surface area contributed by atoms with Crippen molar-refractivity contribution in [2.45, 2.75) is 6.42 Å². The first kappa shape index (κ1) is 12.9. The Bertz CT molecular complexity index is 482. The molecule has 0 saturated heterocycles. The van der Waals surface area contributed by atoms with Gasteiger partial charge in [-0.15, -0.1) is 0 Å². The van der Waals surface area contributed by atoms with Crippen molar-refractivity contribution in [2.75, 3.05) is 19.7 Å². The molecule has 0 saturated carbocycles. The summed E-state index contributed by atoms with van der Waals surface area (Å²) in [6, 6.07) is 7.37. The van der Waals surface area contributed by atoms with E-state index < -0.39 is 6.09 Å². The highest BCUT2D eigenvalue weighted by Crippen LogP contribution is 2.28. The van der Waals surface area contributed by atoms with E-state index in [4.69, 9.17) is 16.7 Å². The summed E-state index contributed by atoms with van der Waals surface area (Å²) in [7, 11) is 0. The van der Waals surface area contributed by atoms with Gasteiger partial charge < -0.3 is 15.1 Å². The van der Waals surface area contributed by atoms with Crippen molar-refractivity contribution in [3.05, 3.63) is 40.4 Å². The second-order valence-electron chi connectivity index (χ2n) is 4.20. The van der Waals surface area contributed by atoms with Gasteiger partial charge >= 0.3 is 6.09 Å². The highest BCUT2D eigenvalue weighted by Gasteiger charge is 2.22. The number of hydrogen-bond acceptors (Lipinski definition) is 2. The van der Waals surface area contributed by atoms with Gasteiger partial charge in [0.2, 0.25) is 0 Å². The Morgan fingerprint density at radius 1 is 1.33 bits per heavy atom. The second kappa shape index (κ2) is 5.42. The summed E-state index contributed by atoms with van der Waals surface area (Å²) in [6.07, 6.45) is -0.333. The number of halogens is 1. The average molecular weight is 268 g/mol. The van der Waals surface area contributed by atoms with Crippen LogP contribution in [0.4, 0.5) is 4.79 Å². The van der Waals surface area contributed by atoms with Crippen LogP contribution in [0, 0.1) is 0 Å². The van der Waals surface area contributed by atoms with Crippen molar-refractivity contribution < 1.29 is 15.0 Å². The average Bonchev–Trinajstić information content (AvgIpc) is 2.39.